The van der Waals surface area contributed by atoms with E-state index in [0.29, 0.717) is 47.4 Å². The number of terminal acetylenes is 1. The van der Waals surface area contributed by atoms with Gasteiger partial charge >= 0.3 is 6.01 Å². The van der Waals surface area contributed by atoms with Crippen molar-refractivity contribution >= 4 is 33.5 Å². The van der Waals surface area contributed by atoms with Gasteiger partial charge in [-0.25, -0.2) is 13.8 Å². The van der Waals surface area contributed by atoms with Crippen LogP contribution in [0.15, 0.2) is 24.3 Å². The molecule has 1 aliphatic carbocycles. The van der Waals surface area contributed by atoms with E-state index in [-0.39, 0.29) is 52.3 Å². The van der Waals surface area contributed by atoms with Crippen LogP contribution in [0.1, 0.15) is 72.7 Å². The Morgan fingerprint density at radius 2 is 1.96 bits per heavy atom. The van der Waals surface area contributed by atoms with Gasteiger partial charge in [-0.1, -0.05) is 12.0 Å². The molecule has 10 nitrogen and oxygen atoms in total. The highest BCUT2D eigenvalue weighted by Gasteiger charge is 2.49. The first kappa shape index (κ1) is 28.8. The molecule has 2 unspecified atom stereocenters. The molecule has 6 aliphatic rings. The number of piperidine rings is 1. The van der Waals surface area contributed by atoms with Gasteiger partial charge in [0.15, 0.2) is 17.3 Å². The van der Waals surface area contributed by atoms with Crippen LogP contribution in [0.3, 0.4) is 0 Å². The van der Waals surface area contributed by atoms with Gasteiger partial charge in [0.1, 0.15) is 29.9 Å². The third-order valence-corrected chi connectivity index (χ3v) is 11.0. The molecule has 6 fully saturated rings. The molecule has 242 valence electrons. The van der Waals surface area contributed by atoms with Gasteiger partial charge in [-0.3, -0.25) is 9.69 Å². The first-order valence-corrected chi connectivity index (χ1v) is 16.6. The van der Waals surface area contributed by atoms with Crippen LogP contribution < -0.4 is 15.0 Å². The molecule has 2 bridgehead atoms. The minimum atomic E-state index is -0.880. The number of carbonyl (C=O) groups excluding carboxylic acids is 1. The molecule has 4 atom stereocenters. The summed E-state index contributed by atoms with van der Waals surface area (Å²) < 4.78 is 37.7. The molecule has 5 saturated heterocycles. The largest absolute Gasteiger partial charge is 0.508 e. The Hall–Kier alpha value is -4.34. The molecule has 0 spiro atoms. The number of fused-ring (bicyclic) bond motifs is 5. The van der Waals surface area contributed by atoms with Crippen LogP contribution in [0.2, 0.25) is 0 Å². The minimum Gasteiger partial charge on any atom is -0.508 e. The SMILES string of the molecule is C#Cc1c(F)ccc2cc(O)cc(C(=O)c3nc4nc(OC[C@@]56CCCN5C[C@H](F)C6)nc(N5CC6CC(C5)N6)c4n3C3CCC3)c12. The number of halogens is 2. The topological polar surface area (TPSA) is 109 Å². The quantitative estimate of drug-likeness (QED) is 0.227. The number of aromatic nitrogens is 4. The fraction of sp³-hybridized carbons (Fsp3) is 0.486. The smallest absolute Gasteiger partial charge is 0.320 e. The number of benzene rings is 2. The second kappa shape index (κ2) is 10.6. The Bertz CT molecular complexity index is 1990. The van der Waals surface area contributed by atoms with Crippen LogP contribution in [0.5, 0.6) is 11.8 Å². The van der Waals surface area contributed by atoms with E-state index in [0.717, 1.165) is 58.2 Å². The van der Waals surface area contributed by atoms with Crippen molar-refractivity contribution in [1.82, 2.24) is 29.7 Å². The summed E-state index contributed by atoms with van der Waals surface area (Å²) in [5.74, 6) is 1.94. The molecule has 5 aliphatic heterocycles. The van der Waals surface area contributed by atoms with Crippen LogP contribution in [-0.4, -0.2) is 91.9 Å². The van der Waals surface area contributed by atoms with Crippen LogP contribution in [0.25, 0.3) is 21.9 Å². The Morgan fingerprint density at radius 3 is 2.70 bits per heavy atom. The number of ketones is 1. The normalized spacial score (nSPS) is 27.1. The van der Waals surface area contributed by atoms with Gasteiger partial charge in [-0.2, -0.15) is 9.97 Å². The zero-order valence-electron chi connectivity index (χ0n) is 25.9. The summed E-state index contributed by atoms with van der Waals surface area (Å²) in [5, 5.41) is 14.9. The highest BCUT2D eigenvalue weighted by Crippen LogP contribution is 2.43. The summed E-state index contributed by atoms with van der Waals surface area (Å²) in [5.41, 5.74) is 0.637. The van der Waals surface area contributed by atoms with E-state index < -0.39 is 17.8 Å². The number of phenols is 1. The maximum Gasteiger partial charge on any atom is 0.320 e. The Morgan fingerprint density at radius 1 is 1.15 bits per heavy atom. The van der Waals surface area contributed by atoms with Crippen LogP contribution in [-0.2, 0) is 0 Å². The molecule has 0 radical (unpaired) electrons. The minimum absolute atomic E-state index is 0.0103. The lowest BCUT2D eigenvalue weighted by Crippen LogP contribution is -2.67. The lowest BCUT2D eigenvalue weighted by atomic mass is 9.91. The molecule has 2 N–H and O–H groups in total. The predicted molar refractivity (Wildman–Crippen MR) is 171 cm³/mol. The maximum absolute atomic E-state index is 14.9. The molecule has 47 heavy (non-hydrogen) atoms. The Labute approximate surface area is 270 Å². The van der Waals surface area contributed by atoms with Crippen molar-refractivity contribution in [2.45, 2.75) is 74.8 Å². The number of piperazine rings is 1. The van der Waals surface area contributed by atoms with Crippen molar-refractivity contribution in [3.05, 3.63) is 47.0 Å². The van der Waals surface area contributed by atoms with Gasteiger partial charge < -0.3 is 24.6 Å². The second-order valence-corrected chi connectivity index (χ2v) is 13.9. The number of rotatable bonds is 7. The van der Waals surface area contributed by atoms with Crippen molar-refractivity contribution < 1.29 is 23.4 Å². The number of hydrogen-bond donors (Lipinski definition) is 2. The van der Waals surface area contributed by atoms with Gasteiger partial charge in [0, 0.05) is 55.1 Å². The van der Waals surface area contributed by atoms with Crippen molar-refractivity contribution in [2.24, 2.45) is 0 Å². The average Bonchev–Trinajstić information content (AvgIpc) is 3.68. The fourth-order valence-corrected chi connectivity index (χ4v) is 8.61. The lowest BCUT2D eigenvalue weighted by molar-refractivity contribution is 0.102. The molecule has 1 saturated carbocycles. The van der Waals surface area contributed by atoms with Crippen molar-refractivity contribution in [3.63, 3.8) is 0 Å². The molecular formula is C35H35F2N7O3. The zero-order valence-corrected chi connectivity index (χ0v) is 25.9. The molecule has 4 aromatic rings. The summed E-state index contributed by atoms with van der Waals surface area (Å²) in [6, 6.07) is 6.35. The molecule has 7 heterocycles. The standard InChI is InChI=1S/C35H35F2N7O3/c1-2-25-27(37)8-7-19-11-24(45)13-26(28(19)25)30(46)33-39-31-29(44(33)23-5-3-6-23)32(42-16-21-12-22(17-42)38-21)41-34(40-31)47-18-35-9-4-10-43(35)15-20(36)14-35/h1,7-8,11,13,20-23,38,45H,3-6,9-10,12,14-18H2/t20-,21?,22?,35+/m1/s1. The number of aromatic hydroxyl groups is 1. The number of ether oxygens (including phenoxy) is 1. The third kappa shape index (κ3) is 4.50. The first-order valence-electron chi connectivity index (χ1n) is 16.6. The number of nitrogens with zero attached hydrogens (tertiary/aromatic N) is 6. The molecule has 10 rings (SSSR count). The number of anilines is 1. The van der Waals surface area contributed by atoms with E-state index in [1.807, 2.05) is 4.57 Å². The third-order valence-electron chi connectivity index (χ3n) is 11.0. The molecule has 12 heteroatoms. The number of alkyl halides is 1. The predicted octanol–water partition coefficient (Wildman–Crippen LogP) is 4.27. The summed E-state index contributed by atoms with van der Waals surface area (Å²) in [4.78, 5) is 33.6. The van der Waals surface area contributed by atoms with E-state index in [9.17, 15) is 18.7 Å². The lowest BCUT2D eigenvalue weighted by Gasteiger charge is -2.48. The van der Waals surface area contributed by atoms with E-state index in [2.05, 4.69) is 21.0 Å². The maximum atomic E-state index is 14.9. The van der Waals surface area contributed by atoms with Gasteiger partial charge in [-0.05, 0) is 68.7 Å². The van der Waals surface area contributed by atoms with Crippen LogP contribution >= 0.6 is 0 Å². The van der Waals surface area contributed by atoms with E-state index in [1.54, 1.807) is 0 Å². The fourth-order valence-electron chi connectivity index (χ4n) is 8.61. The summed E-state index contributed by atoms with van der Waals surface area (Å²) >= 11 is 0. The molecule has 2 aromatic heterocycles. The summed E-state index contributed by atoms with van der Waals surface area (Å²) in [7, 11) is 0. The highest BCUT2D eigenvalue weighted by molar-refractivity contribution is 6.17. The Kier molecular flexibility index (Phi) is 6.50. The molecular weight excluding hydrogens is 604 g/mol. The van der Waals surface area contributed by atoms with Crippen molar-refractivity contribution in [1.29, 1.82) is 0 Å². The van der Waals surface area contributed by atoms with Gasteiger partial charge in [0.2, 0.25) is 5.78 Å². The first-order chi connectivity index (χ1) is 22.8. The number of carbonyl (C=O) groups is 1. The average molecular weight is 640 g/mol. The number of hydrogen-bond acceptors (Lipinski definition) is 9. The van der Waals surface area contributed by atoms with Crippen LogP contribution in [0, 0.1) is 18.2 Å². The van der Waals surface area contributed by atoms with E-state index in [1.165, 1.54) is 24.3 Å². The molecule has 0 amide bonds. The number of phenolic OH excluding ortho intramolecular Hbond substituents is 1. The number of imidazole rings is 1. The van der Waals surface area contributed by atoms with E-state index in [4.69, 9.17) is 26.1 Å². The van der Waals surface area contributed by atoms with Crippen molar-refractivity contribution in [3.8, 4) is 24.1 Å². The molecule has 2 aromatic carbocycles. The van der Waals surface area contributed by atoms with Gasteiger partial charge in [-0.15, -0.1) is 6.42 Å². The summed E-state index contributed by atoms with van der Waals surface area (Å²) in [6.45, 7) is 3.03. The van der Waals surface area contributed by atoms with E-state index >= 15 is 0 Å². The van der Waals surface area contributed by atoms with Crippen LogP contribution in [0.4, 0.5) is 14.6 Å². The Balaban J connectivity index is 1.20. The van der Waals surface area contributed by atoms with Crippen molar-refractivity contribution in [2.75, 3.05) is 37.7 Å². The van der Waals surface area contributed by atoms with Gasteiger partial charge in [0.05, 0.1) is 11.1 Å². The number of nitrogens with one attached hydrogen (secondary N) is 1. The second-order valence-electron chi connectivity index (χ2n) is 13.9. The monoisotopic (exact) mass is 639 g/mol. The summed E-state index contributed by atoms with van der Waals surface area (Å²) in [6.07, 6.45) is 10.9. The van der Waals surface area contributed by atoms with Gasteiger partial charge in [0.25, 0.3) is 0 Å². The zero-order chi connectivity index (χ0) is 32.0. The highest BCUT2D eigenvalue weighted by atomic mass is 19.1.